The van der Waals surface area contributed by atoms with Crippen molar-refractivity contribution in [3.63, 3.8) is 0 Å². The van der Waals surface area contributed by atoms with Crippen molar-refractivity contribution in [1.29, 1.82) is 0 Å². The number of carbonyl (C=O) groups is 1. The van der Waals surface area contributed by atoms with Crippen molar-refractivity contribution in [3.8, 4) is 0 Å². The first kappa shape index (κ1) is 9.75. The highest BCUT2D eigenvalue weighted by Crippen LogP contribution is 2.53. The number of allylic oxidation sites excluding steroid dienone is 2. The first-order valence-corrected chi connectivity index (χ1v) is 5.24. The molecule has 0 radical (unpaired) electrons. The van der Waals surface area contributed by atoms with Gasteiger partial charge in [-0.05, 0) is 30.3 Å². The summed E-state index contributed by atoms with van der Waals surface area (Å²) in [5.74, 6) is 1.76. The molecule has 0 spiro atoms. The van der Waals surface area contributed by atoms with E-state index in [1.807, 2.05) is 0 Å². The predicted molar refractivity (Wildman–Crippen MR) is 54.7 cm³/mol. The maximum Gasteiger partial charge on any atom is 0.144 e. The monoisotopic (exact) mass is 194 g/mol. The molecule has 0 saturated heterocycles. The van der Waals surface area contributed by atoms with Crippen LogP contribution in [0.25, 0.3) is 0 Å². The summed E-state index contributed by atoms with van der Waals surface area (Å²) in [7, 11) is 1.68. The predicted octanol–water partition coefficient (Wildman–Crippen LogP) is 2.54. The van der Waals surface area contributed by atoms with Crippen LogP contribution in [0.15, 0.2) is 11.3 Å². The van der Waals surface area contributed by atoms with Crippen molar-refractivity contribution >= 4 is 5.78 Å². The molecular weight excluding hydrogens is 176 g/mol. The molecular formula is C12H18O2. The van der Waals surface area contributed by atoms with E-state index >= 15 is 0 Å². The zero-order valence-corrected chi connectivity index (χ0v) is 9.39. The number of methoxy groups -OCH3 is 1. The standard InChI is InChI=1S/C12H18O2/c1-7-9-5-10(13)8(11(7)14-4)6-12(9,2)3/h8-9H,5-6H2,1-4H3/t8-,9-/m1/s1. The van der Waals surface area contributed by atoms with Crippen molar-refractivity contribution < 1.29 is 9.53 Å². The summed E-state index contributed by atoms with van der Waals surface area (Å²) in [5.41, 5.74) is 1.57. The third-order valence-electron chi connectivity index (χ3n) is 3.92. The van der Waals surface area contributed by atoms with E-state index in [-0.39, 0.29) is 11.3 Å². The highest BCUT2D eigenvalue weighted by Gasteiger charge is 2.49. The molecule has 2 heteroatoms. The normalized spacial score (nSPS) is 35.0. The molecule has 0 N–H and O–H groups in total. The molecule has 0 amide bonds. The zero-order valence-electron chi connectivity index (χ0n) is 9.39. The minimum atomic E-state index is 0.0417. The maximum absolute atomic E-state index is 11.7. The molecule has 2 nitrogen and oxygen atoms in total. The molecule has 3 aliphatic rings. The minimum Gasteiger partial charge on any atom is -0.500 e. The highest BCUT2D eigenvalue weighted by molar-refractivity contribution is 5.86. The van der Waals surface area contributed by atoms with Gasteiger partial charge in [0.1, 0.15) is 11.5 Å². The Hall–Kier alpha value is -0.790. The van der Waals surface area contributed by atoms with E-state index in [9.17, 15) is 4.79 Å². The summed E-state index contributed by atoms with van der Waals surface area (Å²) in [4.78, 5) is 11.7. The van der Waals surface area contributed by atoms with Crippen LogP contribution in [0.2, 0.25) is 0 Å². The molecule has 0 aromatic carbocycles. The van der Waals surface area contributed by atoms with Gasteiger partial charge < -0.3 is 4.74 Å². The van der Waals surface area contributed by atoms with E-state index in [1.54, 1.807) is 7.11 Å². The lowest BCUT2D eigenvalue weighted by Gasteiger charge is -2.47. The van der Waals surface area contributed by atoms with E-state index in [0.29, 0.717) is 11.7 Å². The molecule has 14 heavy (non-hydrogen) atoms. The Kier molecular flexibility index (Phi) is 1.98. The van der Waals surface area contributed by atoms with Crippen LogP contribution in [0.5, 0.6) is 0 Å². The second kappa shape index (κ2) is 2.85. The summed E-state index contributed by atoms with van der Waals surface area (Å²) in [6, 6.07) is 0. The molecule has 78 valence electrons. The van der Waals surface area contributed by atoms with Gasteiger partial charge in [-0.3, -0.25) is 4.79 Å². The van der Waals surface area contributed by atoms with E-state index in [4.69, 9.17) is 4.74 Å². The van der Waals surface area contributed by atoms with Gasteiger partial charge in [-0.2, -0.15) is 0 Å². The Labute approximate surface area is 85.3 Å². The minimum absolute atomic E-state index is 0.0417. The largest absolute Gasteiger partial charge is 0.500 e. The fourth-order valence-electron chi connectivity index (χ4n) is 3.13. The first-order chi connectivity index (χ1) is 6.47. The number of ketones is 1. The SMILES string of the molecule is COC1=C(C)[C@H]2CC(=O)[C@H]1CC2(C)C. The number of hydrogen-bond acceptors (Lipinski definition) is 2. The van der Waals surface area contributed by atoms with Crippen LogP contribution in [0, 0.1) is 17.3 Å². The van der Waals surface area contributed by atoms with Crippen LogP contribution in [0.1, 0.15) is 33.6 Å². The Morgan fingerprint density at radius 3 is 2.64 bits per heavy atom. The van der Waals surface area contributed by atoms with Gasteiger partial charge in [-0.1, -0.05) is 13.8 Å². The Bertz CT molecular complexity index is 312. The summed E-state index contributed by atoms with van der Waals surface area (Å²) in [6.07, 6.45) is 1.67. The maximum atomic E-state index is 11.7. The topological polar surface area (TPSA) is 26.3 Å². The summed E-state index contributed by atoms with van der Waals surface area (Å²) in [5, 5.41) is 0. The summed E-state index contributed by atoms with van der Waals surface area (Å²) >= 11 is 0. The molecule has 0 aromatic heterocycles. The summed E-state index contributed by atoms with van der Waals surface area (Å²) in [6.45, 7) is 6.63. The third kappa shape index (κ3) is 1.13. The van der Waals surface area contributed by atoms with E-state index in [2.05, 4.69) is 20.8 Å². The fourth-order valence-corrected chi connectivity index (χ4v) is 3.13. The van der Waals surface area contributed by atoms with Crippen LogP contribution < -0.4 is 0 Å². The molecule has 0 unspecified atom stereocenters. The van der Waals surface area contributed by atoms with Crippen LogP contribution in [0.3, 0.4) is 0 Å². The lowest BCUT2D eigenvalue weighted by molar-refractivity contribution is -0.130. The molecule has 0 aromatic rings. The number of fused-ring (bicyclic) bond motifs is 2. The second-order valence-corrected chi connectivity index (χ2v) is 5.22. The Morgan fingerprint density at radius 1 is 1.43 bits per heavy atom. The zero-order chi connectivity index (χ0) is 10.5. The van der Waals surface area contributed by atoms with Gasteiger partial charge in [0.05, 0.1) is 13.0 Å². The molecule has 1 fully saturated rings. The van der Waals surface area contributed by atoms with Crippen LogP contribution in [-0.2, 0) is 9.53 Å². The van der Waals surface area contributed by atoms with Gasteiger partial charge in [0.2, 0.25) is 0 Å². The van der Waals surface area contributed by atoms with Gasteiger partial charge in [-0.25, -0.2) is 0 Å². The average Bonchev–Trinajstić information content (AvgIpc) is 2.09. The molecule has 3 aliphatic carbocycles. The van der Waals surface area contributed by atoms with Crippen LogP contribution >= 0.6 is 0 Å². The number of carbonyl (C=O) groups excluding carboxylic acids is 1. The molecule has 0 aliphatic heterocycles. The second-order valence-electron chi connectivity index (χ2n) is 5.22. The number of rotatable bonds is 1. The molecule has 1 saturated carbocycles. The van der Waals surface area contributed by atoms with Gasteiger partial charge in [0, 0.05) is 6.42 Å². The lowest BCUT2D eigenvalue weighted by atomic mass is 9.57. The van der Waals surface area contributed by atoms with Crippen LogP contribution in [0.4, 0.5) is 0 Å². The Morgan fingerprint density at radius 2 is 2.07 bits per heavy atom. The van der Waals surface area contributed by atoms with Crippen molar-refractivity contribution in [2.24, 2.45) is 17.3 Å². The smallest absolute Gasteiger partial charge is 0.144 e. The molecule has 2 atom stereocenters. The third-order valence-corrected chi connectivity index (χ3v) is 3.92. The van der Waals surface area contributed by atoms with Crippen molar-refractivity contribution in [2.45, 2.75) is 33.6 Å². The summed E-state index contributed by atoms with van der Waals surface area (Å²) < 4.78 is 5.36. The van der Waals surface area contributed by atoms with Crippen molar-refractivity contribution in [2.75, 3.05) is 7.11 Å². The number of ether oxygens (including phenoxy) is 1. The molecule has 0 heterocycles. The van der Waals surface area contributed by atoms with Gasteiger partial charge in [0.15, 0.2) is 0 Å². The molecule has 2 bridgehead atoms. The van der Waals surface area contributed by atoms with Gasteiger partial charge >= 0.3 is 0 Å². The van der Waals surface area contributed by atoms with E-state index in [0.717, 1.165) is 18.6 Å². The van der Waals surface area contributed by atoms with E-state index in [1.165, 1.54) is 5.57 Å². The quantitative estimate of drug-likeness (QED) is 0.641. The van der Waals surface area contributed by atoms with Crippen LogP contribution in [-0.4, -0.2) is 12.9 Å². The van der Waals surface area contributed by atoms with Gasteiger partial charge in [-0.15, -0.1) is 0 Å². The molecule has 3 rings (SSSR count). The fraction of sp³-hybridized carbons (Fsp3) is 0.750. The highest BCUT2D eigenvalue weighted by atomic mass is 16.5. The lowest BCUT2D eigenvalue weighted by Crippen LogP contribution is -2.44. The number of Topliss-reactive ketones (excluding diaryl/α,β-unsaturated/α-hetero) is 1. The first-order valence-electron chi connectivity index (χ1n) is 5.24. The van der Waals surface area contributed by atoms with Gasteiger partial charge in [0.25, 0.3) is 0 Å². The van der Waals surface area contributed by atoms with E-state index < -0.39 is 0 Å². The van der Waals surface area contributed by atoms with Crippen molar-refractivity contribution in [3.05, 3.63) is 11.3 Å². The Balaban J connectivity index is 2.47. The number of hydrogen-bond donors (Lipinski definition) is 0. The average molecular weight is 194 g/mol. The van der Waals surface area contributed by atoms with Crippen molar-refractivity contribution in [1.82, 2.24) is 0 Å².